The Morgan fingerprint density at radius 2 is 2.31 bits per heavy atom. The summed E-state index contributed by atoms with van der Waals surface area (Å²) in [7, 11) is 0. The van der Waals surface area contributed by atoms with Crippen LogP contribution in [0.4, 0.5) is 0 Å². The summed E-state index contributed by atoms with van der Waals surface area (Å²) in [6.07, 6.45) is 1.83. The number of carboxylic acid groups (broad SMARTS) is 1. The van der Waals surface area contributed by atoms with Gasteiger partial charge in [-0.15, -0.1) is 5.10 Å². The van der Waals surface area contributed by atoms with Crippen LogP contribution in [0.3, 0.4) is 0 Å². The summed E-state index contributed by atoms with van der Waals surface area (Å²) in [5, 5.41) is 16.8. The first kappa shape index (κ1) is 11.0. The minimum Gasteiger partial charge on any atom is -0.481 e. The van der Waals surface area contributed by atoms with E-state index in [1.54, 1.807) is 5.38 Å². The van der Waals surface area contributed by atoms with Crippen molar-refractivity contribution in [2.45, 2.75) is 25.3 Å². The lowest BCUT2D eigenvalue weighted by Crippen LogP contribution is -2.33. The van der Waals surface area contributed by atoms with Gasteiger partial charge in [0.15, 0.2) is 5.69 Å². The van der Waals surface area contributed by atoms with Gasteiger partial charge in [-0.05, 0) is 30.8 Å². The topological polar surface area (TPSA) is 92.2 Å². The molecule has 6 nitrogen and oxygen atoms in total. The second kappa shape index (κ2) is 4.56. The first-order valence-corrected chi connectivity index (χ1v) is 5.81. The van der Waals surface area contributed by atoms with Gasteiger partial charge in [0.05, 0.1) is 5.92 Å². The highest BCUT2D eigenvalue weighted by molar-refractivity contribution is 7.03. The largest absolute Gasteiger partial charge is 0.481 e. The Kier molecular flexibility index (Phi) is 3.14. The molecule has 1 aromatic heterocycles. The third kappa shape index (κ3) is 2.35. The van der Waals surface area contributed by atoms with Crippen LogP contribution in [0.1, 0.15) is 29.8 Å². The molecule has 1 fully saturated rings. The molecule has 2 rings (SSSR count). The number of carbonyl (C=O) groups is 2. The van der Waals surface area contributed by atoms with Crippen LogP contribution in [0.5, 0.6) is 0 Å². The Balaban J connectivity index is 1.88. The third-order valence-electron chi connectivity index (χ3n) is 2.71. The zero-order chi connectivity index (χ0) is 11.5. The molecule has 2 N–H and O–H groups in total. The molecular weight excluding hydrogens is 230 g/mol. The van der Waals surface area contributed by atoms with E-state index in [2.05, 4.69) is 14.9 Å². The van der Waals surface area contributed by atoms with E-state index in [1.165, 1.54) is 0 Å². The molecule has 0 saturated heterocycles. The van der Waals surface area contributed by atoms with Crippen molar-refractivity contribution < 1.29 is 14.7 Å². The summed E-state index contributed by atoms with van der Waals surface area (Å²) >= 11 is 1.12. The second-order valence-electron chi connectivity index (χ2n) is 3.81. The van der Waals surface area contributed by atoms with Crippen molar-refractivity contribution in [2.75, 3.05) is 0 Å². The van der Waals surface area contributed by atoms with Gasteiger partial charge in [0.1, 0.15) is 0 Å². The van der Waals surface area contributed by atoms with Crippen molar-refractivity contribution in [3.8, 4) is 0 Å². The van der Waals surface area contributed by atoms with Crippen molar-refractivity contribution in [2.24, 2.45) is 5.92 Å². The lowest BCUT2D eigenvalue weighted by Gasteiger charge is -2.10. The molecule has 0 unspecified atom stereocenters. The Bertz CT molecular complexity index is 393. The predicted molar refractivity (Wildman–Crippen MR) is 56.1 cm³/mol. The smallest absolute Gasteiger partial charge is 0.306 e. The Labute approximate surface area is 95.8 Å². The van der Waals surface area contributed by atoms with E-state index in [0.717, 1.165) is 11.5 Å². The average Bonchev–Trinajstić information content (AvgIpc) is 2.87. The zero-order valence-electron chi connectivity index (χ0n) is 8.42. The van der Waals surface area contributed by atoms with E-state index in [4.69, 9.17) is 5.11 Å². The summed E-state index contributed by atoms with van der Waals surface area (Å²) < 4.78 is 3.60. The van der Waals surface area contributed by atoms with Crippen LogP contribution in [0.2, 0.25) is 0 Å². The summed E-state index contributed by atoms with van der Waals surface area (Å²) in [5.74, 6) is -1.39. The maximum atomic E-state index is 11.6. The molecule has 0 radical (unpaired) electrons. The lowest BCUT2D eigenvalue weighted by atomic mass is 10.1. The van der Waals surface area contributed by atoms with Crippen LogP contribution >= 0.6 is 11.5 Å². The molecule has 1 aliphatic carbocycles. The average molecular weight is 241 g/mol. The molecule has 0 bridgehead atoms. The molecule has 1 saturated carbocycles. The van der Waals surface area contributed by atoms with Crippen molar-refractivity contribution in [1.82, 2.24) is 14.9 Å². The molecule has 1 aliphatic rings. The van der Waals surface area contributed by atoms with Crippen LogP contribution in [0.25, 0.3) is 0 Å². The van der Waals surface area contributed by atoms with Crippen molar-refractivity contribution in [3.63, 3.8) is 0 Å². The normalized spacial score (nSPS) is 24.2. The van der Waals surface area contributed by atoms with Crippen LogP contribution in [0, 0.1) is 5.92 Å². The quantitative estimate of drug-likeness (QED) is 0.805. The van der Waals surface area contributed by atoms with E-state index in [-0.39, 0.29) is 17.9 Å². The number of amides is 1. The Morgan fingerprint density at radius 3 is 2.88 bits per heavy atom. The predicted octanol–water partition coefficient (Wildman–Crippen LogP) is 0.521. The molecule has 0 aliphatic heterocycles. The number of hydrogen-bond acceptors (Lipinski definition) is 5. The van der Waals surface area contributed by atoms with Crippen LogP contribution in [0.15, 0.2) is 5.38 Å². The summed E-state index contributed by atoms with van der Waals surface area (Å²) in [5.41, 5.74) is 0.295. The minimum atomic E-state index is -0.785. The van der Waals surface area contributed by atoms with Gasteiger partial charge in [-0.25, -0.2) is 0 Å². The van der Waals surface area contributed by atoms with Crippen LogP contribution < -0.4 is 5.32 Å². The van der Waals surface area contributed by atoms with E-state index < -0.39 is 5.97 Å². The second-order valence-corrected chi connectivity index (χ2v) is 4.42. The molecule has 0 aromatic carbocycles. The number of hydrogen-bond donors (Lipinski definition) is 2. The van der Waals surface area contributed by atoms with E-state index in [0.29, 0.717) is 25.0 Å². The molecule has 86 valence electrons. The molecule has 1 aromatic rings. The van der Waals surface area contributed by atoms with Gasteiger partial charge < -0.3 is 10.4 Å². The number of nitrogens with zero attached hydrogens (tertiary/aromatic N) is 2. The third-order valence-corrected chi connectivity index (χ3v) is 3.21. The molecule has 7 heteroatoms. The first-order valence-electron chi connectivity index (χ1n) is 4.97. The number of carbonyl (C=O) groups excluding carboxylic acids is 1. The molecular formula is C9H11N3O3S. The van der Waals surface area contributed by atoms with Crippen LogP contribution in [-0.4, -0.2) is 32.6 Å². The van der Waals surface area contributed by atoms with Gasteiger partial charge >= 0.3 is 5.97 Å². The van der Waals surface area contributed by atoms with E-state index in [1.807, 2.05) is 0 Å². The Hall–Kier alpha value is -1.50. The molecule has 2 atom stereocenters. The highest BCUT2D eigenvalue weighted by Gasteiger charge is 2.30. The van der Waals surface area contributed by atoms with Crippen molar-refractivity contribution >= 4 is 23.4 Å². The van der Waals surface area contributed by atoms with Gasteiger partial charge in [-0.3, -0.25) is 9.59 Å². The van der Waals surface area contributed by atoms with Gasteiger partial charge in [0.2, 0.25) is 0 Å². The summed E-state index contributed by atoms with van der Waals surface area (Å²) in [4.78, 5) is 22.3. The SMILES string of the molecule is O=C(N[C@H]1CC[C@@H](C(=O)O)C1)c1csnn1. The van der Waals surface area contributed by atoms with Gasteiger partial charge in [-0.2, -0.15) is 0 Å². The molecule has 0 spiro atoms. The maximum Gasteiger partial charge on any atom is 0.306 e. The fourth-order valence-corrected chi connectivity index (χ4v) is 2.30. The van der Waals surface area contributed by atoms with Gasteiger partial charge in [0.25, 0.3) is 5.91 Å². The number of nitrogens with one attached hydrogen (secondary N) is 1. The fourth-order valence-electron chi connectivity index (χ4n) is 1.86. The van der Waals surface area contributed by atoms with Gasteiger partial charge in [-0.1, -0.05) is 4.49 Å². The minimum absolute atomic E-state index is 0.0599. The maximum absolute atomic E-state index is 11.6. The fraction of sp³-hybridized carbons (Fsp3) is 0.556. The summed E-state index contributed by atoms with van der Waals surface area (Å²) in [6.45, 7) is 0. The van der Waals surface area contributed by atoms with E-state index in [9.17, 15) is 9.59 Å². The standard InChI is InChI=1S/C9H11N3O3S/c13-8(7-4-16-12-11-7)10-6-2-1-5(3-6)9(14)15/h4-6H,1-3H2,(H,10,13)(H,14,15)/t5-,6+/m1/s1. The number of rotatable bonds is 3. The highest BCUT2D eigenvalue weighted by atomic mass is 32.1. The van der Waals surface area contributed by atoms with Gasteiger partial charge in [0, 0.05) is 11.4 Å². The number of carboxylic acids is 1. The zero-order valence-corrected chi connectivity index (χ0v) is 9.24. The summed E-state index contributed by atoms with van der Waals surface area (Å²) in [6, 6.07) is -0.0599. The highest BCUT2D eigenvalue weighted by Crippen LogP contribution is 2.25. The van der Waals surface area contributed by atoms with E-state index >= 15 is 0 Å². The Morgan fingerprint density at radius 1 is 1.50 bits per heavy atom. The lowest BCUT2D eigenvalue weighted by molar-refractivity contribution is -0.141. The van der Waals surface area contributed by atoms with Crippen molar-refractivity contribution in [3.05, 3.63) is 11.1 Å². The number of aromatic nitrogens is 2. The first-order chi connectivity index (χ1) is 7.66. The van der Waals surface area contributed by atoms with Crippen molar-refractivity contribution in [1.29, 1.82) is 0 Å². The number of aliphatic carboxylic acids is 1. The molecule has 1 amide bonds. The molecule has 1 heterocycles. The molecule has 16 heavy (non-hydrogen) atoms. The van der Waals surface area contributed by atoms with Crippen LogP contribution in [-0.2, 0) is 4.79 Å². The monoisotopic (exact) mass is 241 g/mol.